The molecular formula is C7H5ClF5NOS. The van der Waals surface area contributed by atoms with Crippen LogP contribution in [0.5, 0.6) is 0 Å². The van der Waals surface area contributed by atoms with Crippen molar-refractivity contribution >= 4 is 27.7 Å². The summed E-state index contributed by atoms with van der Waals surface area (Å²) in [7, 11) is -9.93. The predicted molar refractivity (Wildman–Crippen MR) is 51.4 cm³/mol. The Labute approximate surface area is 91.9 Å². The minimum Gasteiger partial charge on any atom is -0.366 e. The fourth-order valence-corrected chi connectivity index (χ4v) is 2.10. The molecule has 0 atom stereocenters. The molecule has 1 aromatic rings. The van der Waals surface area contributed by atoms with Crippen LogP contribution in [0, 0.1) is 0 Å². The van der Waals surface area contributed by atoms with Crippen molar-refractivity contribution in [2.24, 2.45) is 5.73 Å². The third kappa shape index (κ3) is 2.76. The molecule has 0 unspecified atom stereocenters. The van der Waals surface area contributed by atoms with Crippen molar-refractivity contribution in [3.63, 3.8) is 0 Å². The van der Waals surface area contributed by atoms with Gasteiger partial charge in [-0.3, -0.25) is 4.79 Å². The van der Waals surface area contributed by atoms with Crippen LogP contribution >= 0.6 is 21.8 Å². The molecule has 2 nitrogen and oxygen atoms in total. The number of carbonyl (C=O) groups excluding carboxylic acids is 1. The average Bonchev–Trinajstić information content (AvgIpc) is 1.98. The zero-order valence-electron chi connectivity index (χ0n) is 7.39. The first-order valence-electron chi connectivity index (χ1n) is 3.65. The van der Waals surface area contributed by atoms with Crippen LogP contribution in [0.25, 0.3) is 0 Å². The van der Waals surface area contributed by atoms with E-state index in [2.05, 4.69) is 5.73 Å². The standard InChI is InChI=1S/C7H5ClF5NOS/c8-4-1-2-6(5(3-4)7(14)15)16(9,10,11,12)13/h1-3H,(H2,14,15). The second kappa shape index (κ2) is 2.80. The summed E-state index contributed by atoms with van der Waals surface area (Å²) >= 11 is 5.29. The van der Waals surface area contributed by atoms with E-state index in [1.54, 1.807) is 0 Å². The van der Waals surface area contributed by atoms with E-state index in [1.807, 2.05) is 0 Å². The molecule has 0 saturated carbocycles. The Balaban J connectivity index is 3.67. The van der Waals surface area contributed by atoms with Crippen LogP contribution in [0.2, 0.25) is 5.02 Å². The number of nitrogens with two attached hydrogens (primary N) is 1. The molecule has 0 spiro atoms. The van der Waals surface area contributed by atoms with Crippen molar-refractivity contribution in [2.45, 2.75) is 4.90 Å². The first kappa shape index (κ1) is 13.0. The van der Waals surface area contributed by atoms with E-state index < -0.39 is 26.6 Å². The quantitative estimate of drug-likeness (QED) is 0.815. The smallest absolute Gasteiger partial charge is 0.311 e. The fourth-order valence-electron chi connectivity index (χ4n) is 1.03. The van der Waals surface area contributed by atoms with Crippen molar-refractivity contribution in [2.75, 3.05) is 0 Å². The summed E-state index contributed by atoms with van der Waals surface area (Å²) in [4.78, 5) is 8.33. The number of carbonyl (C=O) groups is 1. The second-order valence-corrected chi connectivity index (χ2v) is 5.79. The molecule has 0 aliphatic carbocycles. The molecule has 0 aliphatic heterocycles. The summed E-state index contributed by atoms with van der Waals surface area (Å²) < 4.78 is 62.2. The third-order valence-corrected chi connectivity index (χ3v) is 3.04. The summed E-state index contributed by atoms with van der Waals surface area (Å²) in [5.74, 6) is -1.62. The van der Waals surface area contributed by atoms with E-state index in [0.717, 1.165) is 0 Å². The van der Waals surface area contributed by atoms with Gasteiger partial charge in [-0.05, 0) is 18.2 Å². The highest BCUT2D eigenvalue weighted by Crippen LogP contribution is 3.02. The minimum atomic E-state index is -9.93. The van der Waals surface area contributed by atoms with E-state index in [0.29, 0.717) is 12.1 Å². The highest BCUT2D eigenvalue weighted by molar-refractivity contribution is 8.45. The Bertz CT molecular complexity index is 471. The van der Waals surface area contributed by atoms with Crippen LogP contribution in [0.3, 0.4) is 0 Å². The Kier molecular flexibility index (Phi) is 2.29. The molecule has 0 saturated heterocycles. The molecule has 92 valence electrons. The highest BCUT2D eigenvalue weighted by atomic mass is 35.5. The number of primary amides is 1. The van der Waals surface area contributed by atoms with Crippen molar-refractivity contribution in [1.82, 2.24) is 0 Å². The van der Waals surface area contributed by atoms with Crippen molar-refractivity contribution in [3.05, 3.63) is 28.8 Å². The number of halogens is 6. The molecule has 1 amide bonds. The van der Waals surface area contributed by atoms with Gasteiger partial charge >= 0.3 is 10.2 Å². The molecule has 2 N–H and O–H groups in total. The maximum atomic E-state index is 12.4. The van der Waals surface area contributed by atoms with Crippen LogP contribution < -0.4 is 5.73 Å². The second-order valence-electron chi connectivity index (χ2n) is 2.97. The number of hydrogen-bond acceptors (Lipinski definition) is 1. The molecule has 1 aromatic carbocycles. The summed E-state index contributed by atoms with van der Waals surface area (Å²) in [5, 5.41) is -0.292. The predicted octanol–water partition coefficient (Wildman–Crippen LogP) is 4.10. The molecule has 0 radical (unpaired) electrons. The molecule has 0 fully saturated rings. The lowest BCUT2D eigenvalue weighted by Gasteiger charge is -2.41. The van der Waals surface area contributed by atoms with Gasteiger partial charge in [0.15, 0.2) is 0 Å². The van der Waals surface area contributed by atoms with Crippen LogP contribution in [-0.2, 0) is 0 Å². The van der Waals surface area contributed by atoms with Crippen LogP contribution in [-0.4, -0.2) is 5.91 Å². The van der Waals surface area contributed by atoms with Crippen LogP contribution in [0.15, 0.2) is 23.1 Å². The van der Waals surface area contributed by atoms with E-state index >= 15 is 0 Å². The maximum absolute atomic E-state index is 12.4. The monoisotopic (exact) mass is 281 g/mol. The number of rotatable bonds is 2. The van der Waals surface area contributed by atoms with Crippen molar-refractivity contribution < 1.29 is 24.2 Å². The highest BCUT2D eigenvalue weighted by Gasteiger charge is 2.66. The summed E-state index contributed by atoms with van der Waals surface area (Å²) in [6.45, 7) is 0. The number of amides is 1. The fraction of sp³-hybridized carbons (Fsp3) is 0. The Morgan fingerprint density at radius 1 is 1.19 bits per heavy atom. The van der Waals surface area contributed by atoms with Crippen molar-refractivity contribution in [1.29, 1.82) is 0 Å². The minimum absolute atomic E-state index is 0.0456. The van der Waals surface area contributed by atoms with E-state index in [4.69, 9.17) is 11.6 Å². The Hall–Kier alpha value is -1.02. The maximum Gasteiger partial charge on any atom is 0.311 e. The molecule has 9 heteroatoms. The van der Waals surface area contributed by atoms with Gasteiger partial charge in [-0.25, -0.2) is 0 Å². The molecule has 16 heavy (non-hydrogen) atoms. The lowest BCUT2D eigenvalue weighted by atomic mass is 10.2. The lowest BCUT2D eigenvalue weighted by Crippen LogP contribution is -2.18. The molecule has 0 heterocycles. The van der Waals surface area contributed by atoms with Gasteiger partial charge < -0.3 is 5.73 Å². The van der Waals surface area contributed by atoms with Crippen molar-refractivity contribution in [3.8, 4) is 0 Å². The topological polar surface area (TPSA) is 43.1 Å². The van der Waals surface area contributed by atoms with E-state index in [9.17, 15) is 24.2 Å². The summed E-state index contributed by atoms with van der Waals surface area (Å²) in [6.07, 6.45) is 0. The van der Waals surface area contributed by atoms with Crippen LogP contribution in [0.4, 0.5) is 19.4 Å². The van der Waals surface area contributed by atoms with Gasteiger partial charge in [-0.2, -0.15) is 0 Å². The van der Waals surface area contributed by atoms with Gasteiger partial charge in [0.1, 0.15) is 4.90 Å². The third-order valence-electron chi connectivity index (χ3n) is 1.62. The molecular weight excluding hydrogens is 277 g/mol. The molecule has 0 bridgehead atoms. The number of hydrogen-bond donors (Lipinski definition) is 1. The summed E-state index contributed by atoms with van der Waals surface area (Å²) in [6, 6.07) is 1.11. The lowest BCUT2D eigenvalue weighted by molar-refractivity contribution is 0.0995. The zero-order chi connectivity index (χ0) is 12.8. The first-order valence-corrected chi connectivity index (χ1v) is 5.97. The van der Waals surface area contributed by atoms with Gasteiger partial charge in [0.05, 0.1) is 5.56 Å². The van der Waals surface area contributed by atoms with Gasteiger partial charge in [0.2, 0.25) is 5.91 Å². The molecule has 1 rings (SSSR count). The zero-order valence-corrected chi connectivity index (χ0v) is 8.97. The summed E-state index contributed by atoms with van der Waals surface area (Å²) in [5.41, 5.74) is 3.24. The molecule has 0 aliphatic rings. The van der Waals surface area contributed by atoms with Gasteiger partial charge in [0, 0.05) is 5.02 Å². The average molecular weight is 282 g/mol. The van der Waals surface area contributed by atoms with Gasteiger partial charge in [-0.15, -0.1) is 0 Å². The Morgan fingerprint density at radius 2 is 1.69 bits per heavy atom. The van der Waals surface area contributed by atoms with E-state index in [-0.39, 0.29) is 11.1 Å². The van der Waals surface area contributed by atoms with Gasteiger partial charge in [-0.1, -0.05) is 31.0 Å². The van der Waals surface area contributed by atoms with Gasteiger partial charge in [0.25, 0.3) is 0 Å². The normalized spacial score (nSPS) is 16.4. The number of benzene rings is 1. The SMILES string of the molecule is NC(=O)c1cc(Cl)ccc1S(F)(F)(F)(F)F. The van der Waals surface area contributed by atoms with E-state index in [1.165, 1.54) is 0 Å². The largest absolute Gasteiger partial charge is 0.366 e. The first-order chi connectivity index (χ1) is 6.81. The Morgan fingerprint density at radius 3 is 2.06 bits per heavy atom. The van der Waals surface area contributed by atoms with Crippen LogP contribution in [0.1, 0.15) is 10.4 Å². The molecule has 0 aromatic heterocycles.